The predicted octanol–water partition coefficient (Wildman–Crippen LogP) is 5.47. The zero-order valence-corrected chi connectivity index (χ0v) is 24.8. The lowest BCUT2D eigenvalue weighted by molar-refractivity contribution is -0.122. The molecule has 0 aliphatic rings. The molecule has 0 saturated carbocycles. The largest absolute Gasteiger partial charge is 0.493 e. The van der Waals surface area contributed by atoms with Gasteiger partial charge in [-0.05, 0) is 89.5 Å². The Morgan fingerprint density at radius 2 is 1.78 bits per heavy atom. The number of carbonyl (C=O) groups is 2. The van der Waals surface area contributed by atoms with E-state index in [1.165, 1.54) is 19.2 Å². The van der Waals surface area contributed by atoms with Crippen molar-refractivity contribution in [1.82, 2.24) is 10.6 Å². The van der Waals surface area contributed by atoms with Crippen molar-refractivity contribution in [2.75, 3.05) is 13.7 Å². The summed E-state index contributed by atoms with van der Waals surface area (Å²) in [5, 5.41) is 17.5. The van der Waals surface area contributed by atoms with Crippen molar-refractivity contribution in [3.05, 3.63) is 98.3 Å². The number of aliphatic hydroxyl groups is 1. The molecule has 10 heteroatoms. The number of rotatable bonds is 13. The first-order valence-electron chi connectivity index (χ1n) is 13.1. The molecule has 0 fully saturated rings. The number of furan rings is 1. The number of halogens is 3. The van der Waals surface area contributed by atoms with Gasteiger partial charge in [-0.15, -0.1) is 0 Å². The molecular weight excluding hydrogens is 645 g/mol. The van der Waals surface area contributed by atoms with Gasteiger partial charge in [0.05, 0.1) is 19.3 Å². The first-order chi connectivity index (χ1) is 19.6. The number of amides is 1. The maximum absolute atomic E-state index is 13.8. The number of hydrogen-bond donors (Lipinski definition) is 3. The second-order valence-electron chi connectivity index (χ2n) is 9.82. The maximum Gasteiger partial charge on any atom is 0.220 e. The first kappa shape index (κ1) is 30.6. The van der Waals surface area contributed by atoms with Crippen LogP contribution in [-0.2, 0) is 17.8 Å². The smallest absolute Gasteiger partial charge is 0.220 e. The molecular formula is C31H31F2IN2O5. The van der Waals surface area contributed by atoms with E-state index in [-0.39, 0.29) is 37.2 Å². The van der Waals surface area contributed by atoms with Crippen LogP contribution in [-0.4, -0.2) is 42.6 Å². The van der Waals surface area contributed by atoms with Crippen LogP contribution < -0.4 is 15.4 Å². The molecule has 1 heterocycles. The Morgan fingerprint density at radius 3 is 2.49 bits per heavy atom. The number of aliphatic hydroxyl groups excluding tert-OH is 1. The summed E-state index contributed by atoms with van der Waals surface area (Å²) in [7, 11) is 1.51. The van der Waals surface area contributed by atoms with E-state index >= 15 is 0 Å². The van der Waals surface area contributed by atoms with Gasteiger partial charge in [-0.3, -0.25) is 9.59 Å². The van der Waals surface area contributed by atoms with Crippen molar-refractivity contribution in [3.8, 4) is 5.75 Å². The number of benzene rings is 3. The lowest BCUT2D eigenvalue weighted by Gasteiger charge is -2.25. The fourth-order valence-corrected chi connectivity index (χ4v) is 5.29. The minimum absolute atomic E-state index is 0.00610. The Hall–Kier alpha value is -3.35. The summed E-state index contributed by atoms with van der Waals surface area (Å²) < 4.78 is 39.8. The van der Waals surface area contributed by atoms with E-state index in [4.69, 9.17) is 9.15 Å². The van der Waals surface area contributed by atoms with E-state index in [1.807, 2.05) is 24.3 Å². The van der Waals surface area contributed by atoms with E-state index in [0.29, 0.717) is 34.6 Å². The van der Waals surface area contributed by atoms with Gasteiger partial charge < -0.3 is 24.9 Å². The summed E-state index contributed by atoms with van der Waals surface area (Å²) in [6.07, 6.45) is -1.30. The van der Waals surface area contributed by atoms with Crippen LogP contribution in [0, 0.1) is 22.1 Å². The summed E-state index contributed by atoms with van der Waals surface area (Å²) in [6, 6.07) is 15.1. The zero-order chi connectivity index (χ0) is 29.5. The lowest BCUT2D eigenvalue weighted by atomic mass is 9.99. The van der Waals surface area contributed by atoms with Crippen LogP contribution in [0.25, 0.3) is 11.0 Å². The number of carbonyl (C=O) groups excluding carboxylic acids is 2. The number of aryl methyl sites for hydroxylation is 1. The summed E-state index contributed by atoms with van der Waals surface area (Å²) in [5.74, 6) is -1.09. The topological polar surface area (TPSA) is 101 Å². The molecule has 0 radical (unpaired) electrons. The molecule has 1 amide bonds. The normalized spacial score (nSPS) is 12.7. The van der Waals surface area contributed by atoms with Gasteiger partial charge in [-0.1, -0.05) is 12.1 Å². The third-order valence-electron chi connectivity index (χ3n) is 6.63. The summed E-state index contributed by atoms with van der Waals surface area (Å²) >= 11 is 2.22. The van der Waals surface area contributed by atoms with Crippen LogP contribution in [0.3, 0.4) is 0 Å². The minimum atomic E-state index is -1.07. The van der Waals surface area contributed by atoms with Gasteiger partial charge in [-0.2, -0.15) is 0 Å². The molecule has 3 aromatic carbocycles. The Balaban J connectivity index is 1.42. The number of fused-ring (bicyclic) bond motifs is 1. The molecule has 0 spiro atoms. The molecule has 0 unspecified atom stereocenters. The summed E-state index contributed by atoms with van der Waals surface area (Å²) in [5.41, 5.74) is 2.19. The molecule has 0 saturated heterocycles. The van der Waals surface area contributed by atoms with E-state index in [2.05, 4.69) is 33.2 Å². The van der Waals surface area contributed by atoms with Gasteiger partial charge >= 0.3 is 0 Å². The molecule has 1 aromatic heterocycles. The Labute approximate surface area is 250 Å². The fraction of sp³-hybridized carbons (Fsp3) is 0.290. The number of nitrogens with one attached hydrogen (secondary N) is 2. The van der Waals surface area contributed by atoms with Gasteiger partial charge in [-0.25, -0.2) is 8.78 Å². The van der Waals surface area contributed by atoms with Gasteiger partial charge in [0.25, 0.3) is 0 Å². The highest BCUT2D eigenvalue weighted by molar-refractivity contribution is 14.1. The molecule has 7 nitrogen and oxygen atoms in total. The van der Waals surface area contributed by atoms with E-state index in [9.17, 15) is 23.5 Å². The SMILES string of the molecule is COc1ccc(C(=O)CCC(=O)N[C@@H](Cc2cc(F)cc(F)c2)[C@@H](O)CNCc2cccc(I)c2)c2cc(C)oc12. The van der Waals surface area contributed by atoms with Crippen molar-refractivity contribution in [2.45, 2.75) is 44.9 Å². The van der Waals surface area contributed by atoms with Crippen LogP contribution in [0.1, 0.15) is 40.1 Å². The first-order valence-corrected chi connectivity index (χ1v) is 14.2. The average Bonchev–Trinajstić information content (AvgIpc) is 3.31. The molecule has 216 valence electrons. The number of methoxy groups -OCH3 is 1. The monoisotopic (exact) mass is 676 g/mol. The van der Waals surface area contributed by atoms with E-state index in [1.54, 1.807) is 25.1 Å². The standard InChI is InChI=1S/C31H31F2IN2O5/c1-18-10-25-24(6-8-29(40-2)31(25)41-18)27(37)7-9-30(39)36-26(14-20-11-21(32)15-22(33)12-20)28(38)17-35-16-19-4-3-5-23(34)13-19/h3-6,8,10-13,15,26,28,35,38H,7,9,14,16-17H2,1-2H3,(H,36,39)/t26-,28-/m0/s1. The Bertz CT molecular complexity index is 1520. The lowest BCUT2D eigenvalue weighted by Crippen LogP contribution is -2.48. The van der Waals surface area contributed by atoms with E-state index in [0.717, 1.165) is 15.2 Å². The minimum Gasteiger partial charge on any atom is -0.493 e. The number of hydrogen-bond acceptors (Lipinski definition) is 6. The number of ether oxygens (including phenoxy) is 1. The molecule has 3 N–H and O–H groups in total. The third-order valence-corrected chi connectivity index (χ3v) is 7.30. The third kappa shape index (κ3) is 8.34. The highest BCUT2D eigenvalue weighted by Gasteiger charge is 2.24. The molecule has 0 aliphatic heterocycles. The average molecular weight is 676 g/mol. The molecule has 41 heavy (non-hydrogen) atoms. The zero-order valence-electron chi connectivity index (χ0n) is 22.7. The molecule has 4 rings (SSSR count). The molecule has 0 aliphatic carbocycles. The van der Waals surface area contributed by atoms with Gasteiger partial charge in [0.1, 0.15) is 17.4 Å². The van der Waals surface area contributed by atoms with Crippen LogP contribution >= 0.6 is 22.6 Å². The second kappa shape index (κ2) is 14.0. The van der Waals surface area contributed by atoms with Gasteiger partial charge in [0.15, 0.2) is 17.1 Å². The van der Waals surface area contributed by atoms with Crippen molar-refractivity contribution in [3.63, 3.8) is 0 Å². The van der Waals surface area contributed by atoms with Crippen LogP contribution in [0.15, 0.2) is 65.1 Å². The van der Waals surface area contributed by atoms with Gasteiger partial charge in [0, 0.05) is 46.5 Å². The summed E-state index contributed by atoms with van der Waals surface area (Å²) in [6.45, 7) is 2.38. The number of ketones is 1. The quantitative estimate of drug-likeness (QED) is 0.128. The van der Waals surface area contributed by atoms with Gasteiger partial charge in [0.2, 0.25) is 5.91 Å². The molecule has 0 bridgehead atoms. The maximum atomic E-state index is 13.8. The molecule has 4 aromatic rings. The summed E-state index contributed by atoms with van der Waals surface area (Å²) in [4.78, 5) is 26.0. The highest BCUT2D eigenvalue weighted by Crippen LogP contribution is 2.32. The van der Waals surface area contributed by atoms with Crippen molar-refractivity contribution in [2.24, 2.45) is 0 Å². The predicted molar refractivity (Wildman–Crippen MR) is 160 cm³/mol. The molecule has 2 atom stereocenters. The van der Waals surface area contributed by atoms with Crippen LogP contribution in [0.2, 0.25) is 0 Å². The Morgan fingerprint density at radius 1 is 1.02 bits per heavy atom. The second-order valence-corrected chi connectivity index (χ2v) is 11.1. The van der Waals surface area contributed by atoms with Crippen molar-refractivity contribution >= 4 is 45.3 Å². The van der Waals surface area contributed by atoms with Crippen LogP contribution in [0.4, 0.5) is 8.78 Å². The number of Topliss-reactive ketones (excluding diaryl/α,β-unsaturated/α-hetero) is 1. The fourth-order valence-electron chi connectivity index (χ4n) is 4.69. The van der Waals surface area contributed by atoms with Crippen molar-refractivity contribution in [1.29, 1.82) is 0 Å². The highest BCUT2D eigenvalue weighted by atomic mass is 127. The van der Waals surface area contributed by atoms with Crippen LogP contribution in [0.5, 0.6) is 5.75 Å². The Kier molecular flexibility index (Phi) is 10.5. The van der Waals surface area contributed by atoms with E-state index < -0.39 is 29.7 Å². The van der Waals surface area contributed by atoms with Crippen molar-refractivity contribution < 1.29 is 32.6 Å².